The standard InChI is InChI=1S/C25H31FN6O2/c1-16-10-22(21(26)15-29-16)30-19-9-5-8-18(12-19)24(33)32-23(11-17-6-3-4-7-17)25(34)31-20(13-27)14-28-2/h5,8-10,12-15,17,23H,3-4,6-7,11,27H2,1-2H3,(H,29,30)(H,31,34)(H,32,33)/b20-13+,28-14?. The van der Waals surface area contributed by atoms with E-state index in [9.17, 15) is 14.0 Å². The first kappa shape index (κ1) is 24.9. The molecular weight excluding hydrogens is 435 g/mol. The van der Waals surface area contributed by atoms with E-state index in [1.807, 2.05) is 0 Å². The van der Waals surface area contributed by atoms with Crippen LogP contribution in [0, 0.1) is 18.7 Å². The molecule has 1 aromatic carbocycles. The number of aryl methyl sites for hydroxylation is 1. The van der Waals surface area contributed by atoms with E-state index in [0.29, 0.717) is 35.0 Å². The van der Waals surface area contributed by atoms with E-state index in [2.05, 4.69) is 25.9 Å². The number of nitrogens with two attached hydrogens (primary N) is 1. The number of carbonyl (C=O) groups is 2. The summed E-state index contributed by atoms with van der Waals surface area (Å²) in [5.74, 6) is -0.865. The molecule has 5 N–H and O–H groups in total. The number of rotatable bonds is 9. The van der Waals surface area contributed by atoms with Crippen molar-refractivity contribution in [2.45, 2.75) is 45.1 Å². The minimum atomic E-state index is -0.729. The van der Waals surface area contributed by atoms with E-state index < -0.39 is 17.8 Å². The number of hydrogen-bond acceptors (Lipinski definition) is 6. The van der Waals surface area contributed by atoms with Gasteiger partial charge in [0, 0.05) is 36.4 Å². The van der Waals surface area contributed by atoms with Crippen molar-refractivity contribution in [3.05, 3.63) is 65.5 Å². The molecular formula is C25H31FN6O2. The van der Waals surface area contributed by atoms with Gasteiger partial charge in [0.05, 0.1) is 17.6 Å². The molecule has 0 aliphatic heterocycles. The molecule has 9 heteroatoms. The van der Waals surface area contributed by atoms with Gasteiger partial charge < -0.3 is 21.7 Å². The lowest BCUT2D eigenvalue weighted by atomic mass is 9.97. The highest BCUT2D eigenvalue weighted by atomic mass is 19.1. The summed E-state index contributed by atoms with van der Waals surface area (Å²) in [4.78, 5) is 33.8. The number of aromatic nitrogens is 1. The van der Waals surface area contributed by atoms with Gasteiger partial charge in [0.15, 0.2) is 5.82 Å². The van der Waals surface area contributed by atoms with E-state index in [4.69, 9.17) is 5.73 Å². The number of anilines is 2. The Labute approximate surface area is 198 Å². The maximum Gasteiger partial charge on any atom is 0.252 e. The van der Waals surface area contributed by atoms with Gasteiger partial charge in [0.25, 0.3) is 5.91 Å². The van der Waals surface area contributed by atoms with Crippen LogP contribution in [0.1, 0.15) is 48.2 Å². The van der Waals surface area contributed by atoms with Gasteiger partial charge in [-0.15, -0.1) is 0 Å². The Kier molecular flexibility index (Phi) is 8.73. The summed E-state index contributed by atoms with van der Waals surface area (Å²) in [6.07, 6.45) is 8.71. The van der Waals surface area contributed by atoms with Gasteiger partial charge in [-0.1, -0.05) is 31.7 Å². The van der Waals surface area contributed by atoms with Crippen molar-refractivity contribution in [3.63, 3.8) is 0 Å². The lowest BCUT2D eigenvalue weighted by Crippen LogP contribution is -2.47. The fraction of sp³-hybridized carbons (Fsp3) is 0.360. The van der Waals surface area contributed by atoms with Crippen molar-refractivity contribution in [2.24, 2.45) is 16.6 Å². The first-order chi connectivity index (χ1) is 16.4. The minimum Gasteiger partial charge on any atom is -0.403 e. The van der Waals surface area contributed by atoms with Crippen molar-refractivity contribution in [1.29, 1.82) is 0 Å². The Morgan fingerprint density at radius 1 is 1.29 bits per heavy atom. The first-order valence-electron chi connectivity index (χ1n) is 11.3. The molecule has 1 aliphatic carbocycles. The highest BCUT2D eigenvalue weighted by Gasteiger charge is 2.27. The van der Waals surface area contributed by atoms with E-state index >= 15 is 0 Å². The van der Waals surface area contributed by atoms with Crippen LogP contribution in [-0.4, -0.2) is 36.1 Å². The fourth-order valence-corrected chi connectivity index (χ4v) is 4.07. The zero-order chi connectivity index (χ0) is 24.5. The molecule has 1 aromatic heterocycles. The Morgan fingerprint density at radius 2 is 2.06 bits per heavy atom. The van der Waals surface area contributed by atoms with Gasteiger partial charge in [0.1, 0.15) is 6.04 Å². The molecule has 34 heavy (non-hydrogen) atoms. The number of benzene rings is 1. The van der Waals surface area contributed by atoms with E-state index in [1.54, 1.807) is 44.3 Å². The van der Waals surface area contributed by atoms with Crippen LogP contribution < -0.4 is 21.7 Å². The van der Waals surface area contributed by atoms with Gasteiger partial charge in [-0.3, -0.25) is 19.6 Å². The highest BCUT2D eigenvalue weighted by molar-refractivity contribution is 5.99. The average Bonchev–Trinajstić information content (AvgIpc) is 3.34. The Balaban J connectivity index is 1.75. The lowest BCUT2D eigenvalue weighted by molar-refractivity contribution is -0.122. The molecule has 1 saturated carbocycles. The monoisotopic (exact) mass is 466 g/mol. The van der Waals surface area contributed by atoms with Gasteiger partial charge in [0.2, 0.25) is 5.91 Å². The van der Waals surface area contributed by atoms with Crippen LogP contribution in [-0.2, 0) is 4.79 Å². The smallest absolute Gasteiger partial charge is 0.252 e. The van der Waals surface area contributed by atoms with Crippen molar-refractivity contribution in [1.82, 2.24) is 15.6 Å². The molecule has 8 nitrogen and oxygen atoms in total. The van der Waals surface area contributed by atoms with Crippen LogP contribution in [0.15, 0.2) is 53.4 Å². The summed E-state index contributed by atoms with van der Waals surface area (Å²) >= 11 is 0. The summed E-state index contributed by atoms with van der Waals surface area (Å²) in [5, 5.41) is 8.58. The van der Waals surface area contributed by atoms with E-state index in [-0.39, 0.29) is 11.6 Å². The Hall–Kier alpha value is -3.75. The number of nitrogens with zero attached hydrogens (tertiary/aromatic N) is 2. The molecule has 1 unspecified atom stereocenters. The zero-order valence-electron chi connectivity index (χ0n) is 19.5. The lowest BCUT2D eigenvalue weighted by Gasteiger charge is -2.22. The second-order valence-electron chi connectivity index (χ2n) is 8.42. The third-order valence-electron chi connectivity index (χ3n) is 5.78. The molecule has 3 rings (SSSR count). The van der Waals surface area contributed by atoms with Crippen LogP contribution in [0.3, 0.4) is 0 Å². The highest BCUT2D eigenvalue weighted by Crippen LogP contribution is 2.29. The van der Waals surface area contributed by atoms with Crippen LogP contribution in [0.25, 0.3) is 0 Å². The molecule has 1 atom stereocenters. The summed E-state index contributed by atoms with van der Waals surface area (Å²) < 4.78 is 14.1. The quantitative estimate of drug-likeness (QED) is 0.421. The number of allylic oxidation sites excluding steroid dienone is 1. The van der Waals surface area contributed by atoms with Gasteiger partial charge >= 0.3 is 0 Å². The second kappa shape index (κ2) is 11.9. The van der Waals surface area contributed by atoms with Gasteiger partial charge in [-0.2, -0.15) is 0 Å². The van der Waals surface area contributed by atoms with Crippen molar-refractivity contribution < 1.29 is 14.0 Å². The van der Waals surface area contributed by atoms with Gasteiger partial charge in [-0.25, -0.2) is 4.39 Å². The van der Waals surface area contributed by atoms with E-state index in [1.165, 1.54) is 12.4 Å². The van der Waals surface area contributed by atoms with Crippen molar-refractivity contribution in [2.75, 3.05) is 12.4 Å². The maximum absolute atomic E-state index is 14.1. The number of carbonyl (C=O) groups excluding carboxylic acids is 2. The Bertz CT molecular complexity index is 1080. The van der Waals surface area contributed by atoms with E-state index in [0.717, 1.165) is 31.9 Å². The maximum atomic E-state index is 14.1. The first-order valence-corrected chi connectivity index (χ1v) is 11.3. The third kappa shape index (κ3) is 6.87. The number of hydrogen-bond donors (Lipinski definition) is 4. The number of amides is 2. The van der Waals surface area contributed by atoms with Crippen LogP contribution in [0.5, 0.6) is 0 Å². The molecule has 0 radical (unpaired) electrons. The molecule has 2 aromatic rings. The predicted octanol–water partition coefficient (Wildman–Crippen LogP) is 3.57. The summed E-state index contributed by atoms with van der Waals surface area (Å²) in [5.41, 5.74) is 7.76. The molecule has 0 saturated heterocycles. The number of nitrogens with one attached hydrogen (secondary N) is 3. The summed E-state index contributed by atoms with van der Waals surface area (Å²) in [7, 11) is 1.58. The van der Waals surface area contributed by atoms with Crippen molar-refractivity contribution in [3.8, 4) is 0 Å². The zero-order valence-corrected chi connectivity index (χ0v) is 19.5. The molecule has 0 spiro atoms. The molecule has 180 valence electrons. The van der Waals surface area contributed by atoms with Crippen LogP contribution in [0.4, 0.5) is 15.8 Å². The van der Waals surface area contributed by atoms with Crippen molar-refractivity contribution >= 4 is 29.4 Å². The summed E-state index contributed by atoms with van der Waals surface area (Å²) in [6.45, 7) is 1.77. The van der Waals surface area contributed by atoms with Crippen LogP contribution >= 0.6 is 0 Å². The van der Waals surface area contributed by atoms with Crippen LogP contribution in [0.2, 0.25) is 0 Å². The number of pyridine rings is 1. The molecule has 1 aliphatic rings. The largest absolute Gasteiger partial charge is 0.403 e. The molecule has 2 amide bonds. The SMILES string of the molecule is CN=C/C(=C\N)NC(=O)C(CC1CCCC1)NC(=O)c1cccc(Nc2cc(C)ncc2F)c1. The fourth-order valence-electron chi connectivity index (χ4n) is 4.07. The second-order valence-corrected chi connectivity index (χ2v) is 8.42. The third-order valence-corrected chi connectivity index (χ3v) is 5.78. The van der Waals surface area contributed by atoms with Gasteiger partial charge in [-0.05, 0) is 43.5 Å². The molecule has 0 bridgehead atoms. The molecule has 1 fully saturated rings. The Morgan fingerprint density at radius 3 is 2.76 bits per heavy atom. The molecule has 1 heterocycles. The number of aliphatic imine (C=N–C) groups is 1. The normalized spacial score (nSPS) is 15.3. The number of halogens is 1. The average molecular weight is 467 g/mol. The summed E-state index contributed by atoms with van der Waals surface area (Å²) in [6, 6.07) is 7.55. The minimum absolute atomic E-state index is 0.266. The predicted molar refractivity (Wildman–Crippen MR) is 131 cm³/mol. The topological polar surface area (TPSA) is 121 Å².